The molecule has 0 spiro atoms. The molecule has 0 heterocycles. The summed E-state index contributed by atoms with van der Waals surface area (Å²) in [5.41, 5.74) is 8.07. The van der Waals surface area contributed by atoms with Crippen molar-refractivity contribution < 1.29 is 9.47 Å². The molecule has 0 saturated heterocycles. The van der Waals surface area contributed by atoms with E-state index in [0.29, 0.717) is 16.5 Å². The molecule has 2 rings (SSSR count). The van der Waals surface area contributed by atoms with Crippen molar-refractivity contribution in [1.82, 2.24) is 0 Å². The minimum absolute atomic E-state index is 0.215. The van der Waals surface area contributed by atoms with Gasteiger partial charge in [-0.25, -0.2) is 0 Å². The summed E-state index contributed by atoms with van der Waals surface area (Å²) in [6, 6.07) is 1.89. The Labute approximate surface area is 100 Å². The van der Waals surface area contributed by atoms with Crippen LogP contribution in [0.1, 0.15) is 24.0 Å². The van der Waals surface area contributed by atoms with Crippen molar-refractivity contribution in [2.75, 3.05) is 14.2 Å². The topological polar surface area (TPSA) is 44.5 Å². The molecule has 1 aromatic carbocycles. The van der Waals surface area contributed by atoms with Gasteiger partial charge in [0, 0.05) is 11.1 Å². The van der Waals surface area contributed by atoms with Crippen LogP contribution in [0.3, 0.4) is 0 Å². The Morgan fingerprint density at radius 3 is 2.25 bits per heavy atom. The summed E-state index contributed by atoms with van der Waals surface area (Å²) >= 11 is 6.16. The third-order valence-corrected chi connectivity index (χ3v) is 3.45. The lowest BCUT2D eigenvalue weighted by Gasteiger charge is -2.19. The quantitative estimate of drug-likeness (QED) is 0.885. The third-order valence-electron chi connectivity index (χ3n) is 3.17. The van der Waals surface area contributed by atoms with E-state index in [-0.39, 0.29) is 5.54 Å². The molecule has 0 atom stereocenters. The Morgan fingerprint density at radius 2 is 1.81 bits per heavy atom. The zero-order valence-electron chi connectivity index (χ0n) is 9.76. The van der Waals surface area contributed by atoms with Crippen molar-refractivity contribution >= 4 is 11.6 Å². The van der Waals surface area contributed by atoms with Crippen molar-refractivity contribution in [3.05, 3.63) is 22.2 Å². The molecule has 1 fully saturated rings. The molecule has 16 heavy (non-hydrogen) atoms. The molecule has 0 radical (unpaired) electrons. The van der Waals surface area contributed by atoms with Crippen molar-refractivity contribution in [3.63, 3.8) is 0 Å². The molecule has 1 aromatic rings. The number of nitrogens with two attached hydrogens (primary N) is 1. The highest BCUT2D eigenvalue weighted by molar-refractivity contribution is 6.32. The highest BCUT2D eigenvalue weighted by Crippen LogP contribution is 2.49. The van der Waals surface area contributed by atoms with Crippen molar-refractivity contribution in [2.24, 2.45) is 5.73 Å². The molecule has 0 bridgehead atoms. The van der Waals surface area contributed by atoms with Crippen molar-refractivity contribution in [2.45, 2.75) is 25.3 Å². The van der Waals surface area contributed by atoms with Gasteiger partial charge >= 0.3 is 0 Å². The molecule has 1 saturated carbocycles. The SMILES string of the molecule is COc1c(Cl)cc(C2(N)CC2)c(C)c1OC. The number of benzene rings is 1. The second-order valence-electron chi connectivity index (χ2n) is 4.25. The maximum atomic E-state index is 6.20. The van der Waals surface area contributed by atoms with E-state index in [1.54, 1.807) is 14.2 Å². The molecular formula is C12H16ClNO2. The zero-order valence-corrected chi connectivity index (χ0v) is 10.5. The first kappa shape index (κ1) is 11.6. The molecular weight excluding hydrogens is 226 g/mol. The summed E-state index contributed by atoms with van der Waals surface area (Å²) < 4.78 is 10.6. The summed E-state index contributed by atoms with van der Waals surface area (Å²) in [4.78, 5) is 0. The van der Waals surface area contributed by atoms with Gasteiger partial charge in [-0.1, -0.05) is 11.6 Å². The smallest absolute Gasteiger partial charge is 0.179 e. The van der Waals surface area contributed by atoms with Gasteiger partial charge in [-0.15, -0.1) is 0 Å². The first-order chi connectivity index (χ1) is 7.53. The largest absolute Gasteiger partial charge is 0.493 e. The Morgan fingerprint density at radius 1 is 1.25 bits per heavy atom. The van der Waals surface area contributed by atoms with E-state index in [4.69, 9.17) is 26.8 Å². The molecule has 1 aliphatic carbocycles. The summed E-state index contributed by atoms with van der Waals surface area (Å²) in [6.07, 6.45) is 2.00. The summed E-state index contributed by atoms with van der Waals surface area (Å²) in [5.74, 6) is 1.26. The Balaban J connectivity index is 2.61. The zero-order chi connectivity index (χ0) is 11.9. The molecule has 88 valence electrons. The lowest BCUT2D eigenvalue weighted by atomic mass is 9.98. The number of halogens is 1. The van der Waals surface area contributed by atoms with Crippen LogP contribution in [0, 0.1) is 6.92 Å². The van der Waals surface area contributed by atoms with Crippen LogP contribution in [-0.2, 0) is 5.54 Å². The molecule has 2 N–H and O–H groups in total. The van der Waals surface area contributed by atoms with Crippen LogP contribution >= 0.6 is 11.6 Å². The average Bonchev–Trinajstić information content (AvgIpc) is 2.99. The van der Waals surface area contributed by atoms with Gasteiger partial charge < -0.3 is 15.2 Å². The van der Waals surface area contributed by atoms with Crippen molar-refractivity contribution in [1.29, 1.82) is 0 Å². The third kappa shape index (κ3) is 1.64. The molecule has 0 amide bonds. The normalized spacial score (nSPS) is 17.1. The first-order valence-corrected chi connectivity index (χ1v) is 5.61. The second-order valence-corrected chi connectivity index (χ2v) is 4.66. The van der Waals surface area contributed by atoms with Crippen LogP contribution in [0.4, 0.5) is 0 Å². The average molecular weight is 242 g/mol. The van der Waals surface area contributed by atoms with E-state index in [1.807, 2.05) is 13.0 Å². The van der Waals surface area contributed by atoms with Gasteiger partial charge in [0.05, 0.1) is 19.2 Å². The number of hydrogen-bond acceptors (Lipinski definition) is 3. The lowest BCUT2D eigenvalue weighted by molar-refractivity contribution is 0.352. The second kappa shape index (κ2) is 3.82. The molecule has 4 heteroatoms. The fourth-order valence-electron chi connectivity index (χ4n) is 2.06. The van der Waals surface area contributed by atoms with Crippen LogP contribution in [0.25, 0.3) is 0 Å². The fourth-order valence-corrected chi connectivity index (χ4v) is 2.33. The molecule has 1 aliphatic rings. The van der Waals surface area contributed by atoms with Gasteiger partial charge in [0.15, 0.2) is 11.5 Å². The number of methoxy groups -OCH3 is 2. The van der Waals surface area contributed by atoms with Gasteiger partial charge in [-0.05, 0) is 31.4 Å². The molecule has 0 aromatic heterocycles. The fraction of sp³-hybridized carbons (Fsp3) is 0.500. The van der Waals surface area contributed by atoms with E-state index in [2.05, 4.69) is 0 Å². The Kier molecular flexibility index (Phi) is 2.76. The predicted molar refractivity (Wildman–Crippen MR) is 64.4 cm³/mol. The summed E-state index contributed by atoms with van der Waals surface area (Å²) in [5, 5.41) is 0.552. The van der Waals surface area contributed by atoms with E-state index in [1.165, 1.54) is 0 Å². The van der Waals surface area contributed by atoms with E-state index in [0.717, 1.165) is 24.0 Å². The summed E-state index contributed by atoms with van der Waals surface area (Å²) in [7, 11) is 3.19. The highest BCUT2D eigenvalue weighted by Gasteiger charge is 2.42. The number of ether oxygens (including phenoxy) is 2. The highest BCUT2D eigenvalue weighted by atomic mass is 35.5. The lowest BCUT2D eigenvalue weighted by Crippen LogP contribution is -2.20. The van der Waals surface area contributed by atoms with Gasteiger partial charge in [0.1, 0.15) is 0 Å². The Hall–Kier alpha value is -0.930. The monoisotopic (exact) mass is 241 g/mol. The molecule has 3 nitrogen and oxygen atoms in total. The van der Waals surface area contributed by atoms with Crippen LogP contribution in [0.15, 0.2) is 6.07 Å². The van der Waals surface area contributed by atoms with Crippen LogP contribution in [0.5, 0.6) is 11.5 Å². The van der Waals surface area contributed by atoms with E-state index < -0.39 is 0 Å². The summed E-state index contributed by atoms with van der Waals surface area (Å²) in [6.45, 7) is 1.99. The number of hydrogen-bond donors (Lipinski definition) is 1. The van der Waals surface area contributed by atoms with Gasteiger partial charge in [-0.3, -0.25) is 0 Å². The van der Waals surface area contributed by atoms with E-state index >= 15 is 0 Å². The predicted octanol–water partition coefficient (Wildman–Crippen LogP) is 2.61. The van der Waals surface area contributed by atoms with Crippen LogP contribution in [0.2, 0.25) is 5.02 Å². The van der Waals surface area contributed by atoms with Gasteiger partial charge in [0.25, 0.3) is 0 Å². The Bertz CT molecular complexity index is 428. The number of rotatable bonds is 3. The minimum Gasteiger partial charge on any atom is -0.493 e. The van der Waals surface area contributed by atoms with Crippen molar-refractivity contribution in [3.8, 4) is 11.5 Å². The maximum absolute atomic E-state index is 6.20. The van der Waals surface area contributed by atoms with Gasteiger partial charge in [0.2, 0.25) is 0 Å². The van der Waals surface area contributed by atoms with E-state index in [9.17, 15) is 0 Å². The maximum Gasteiger partial charge on any atom is 0.179 e. The standard InChI is InChI=1S/C12H16ClNO2/c1-7-8(12(14)4-5-12)6-9(13)11(16-3)10(7)15-2/h6H,4-5,14H2,1-3H3. The first-order valence-electron chi connectivity index (χ1n) is 5.24. The molecule has 0 aliphatic heterocycles. The van der Waals surface area contributed by atoms with Crippen LogP contribution < -0.4 is 15.2 Å². The molecule has 0 unspecified atom stereocenters. The van der Waals surface area contributed by atoms with Gasteiger partial charge in [-0.2, -0.15) is 0 Å². The van der Waals surface area contributed by atoms with Crippen LogP contribution in [-0.4, -0.2) is 14.2 Å². The minimum atomic E-state index is -0.215.